The second-order valence-electron chi connectivity index (χ2n) is 10.4. The van der Waals surface area contributed by atoms with Crippen LogP contribution in [0.4, 0.5) is 0 Å². The van der Waals surface area contributed by atoms with Crippen LogP contribution in [0.1, 0.15) is 24.5 Å². The highest BCUT2D eigenvalue weighted by atomic mass is 16.3. The molecule has 4 heteroatoms. The van der Waals surface area contributed by atoms with Crippen molar-refractivity contribution in [3.8, 4) is 11.5 Å². The highest BCUT2D eigenvalue weighted by Crippen LogP contribution is 2.32. The number of hydrogen-bond acceptors (Lipinski definition) is 3. The Bertz CT molecular complexity index is 1970. The summed E-state index contributed by atoms with van der Waals surface area (Å²) in [4.78, 5) is 8.47. The standard InChI is InChI=1S/C39H34N2O2/c1-5-9-29-17-15-27(4)39(31-11-8-13-35(43)24-31)37-21-19-33(41-37)25-32-18-20-36(40-32)38(30-10-7-12-34(42)23-30)26(3)14-16-28(6-2)22-29/h5-8,10-25,40,42-43H,1-3,9H2,4H3/b16-14-,27-15+,28-22?,29-17?,32-25-,38-36?,39-37+. The van der Waals surface area contributed by atoms with Crippen molar-refractivity contribution in [2.75, 3.05) is 0 Å². The normalized spacial score (nSPS) is 20.0. The number of fused-ring (bicyclic) bond motifs is 3. The molecule has 4 nitrogen and oxygen atoms in total. The fourth-order valence-electron chi connectivity index (χ4n) is 5.14. The van der Waals surface area contributed by atoms with Crippen LogP contribution in [0.25, 0.3) is 17.2 Å². The van der Waals surface area contributed by atoms with Gasteiger partial charge in [0.2, 0.25) is 0 Å². The Kier molecular flexibility index (Phi) is 8.69. The second-order valence-corrected chi connectivity index (χ2v) is 10.4. The SMILES string of the molecule is C=CCC1=C/C=C(C)/C(c2cccc(O)c2)=C2/C=CC(=N2)/C=c2/ccc([nH]2)=C(c2cccc(O)c2)C(=C)/C=C\C(C=C)=C1. The molecule has 0 amide bonds. The Morgan fingerprint density at radius 2 is 1.53 bits per heavy atom. The summed E-state index contributed by atoms with van der Waals surface area (Å²) < 4.78 is 0. The summed E-state index contributed by atoms with van der Waals surface area (Å²) in [5.41, 5.74) is 8.87. The highest BCUT2D eigenvalue weighted by molar-refractivity contribution is 6.19. The van der Waals surface area contributed by atoms with E-state index in [0.29, 0.717) is 6.42 Å². The van der Waals surface area contributed by atoms with Crippen LogP contribution >= 0.6 is 0 Å². The Morgan fingerprint density at radius 1 is 0.814 bits per heavy atom. The van der Waals surface area contributed by atoms with E-state index in [1.165, 1.54) is 0 Å². The number of aromatic amines is 1. The molecule has 0 saturated carbocycles. The average molecular weight is 563 g/mol. The highest BCUT2D eigenvalue weighted by Gasteiger charge is 2.14. The molecule has 3 N–H and O–H groups in total. The van der Waals surface area contributed by atoms with Crippen LogP contribution in [-0.2, 0) is 0 Å². The van der Waals surface area contributed by atoms with Crippen molar-refractivity contribution >= 4 is 22.9 Å². The van der Waals surface area contributed by atoms with E-state index in [-0.39, 0.29) is 11.5 Å². The monoisotopic (exact) mass is 562 g/mol. The molecule has 2 aliphatic rings. The number of benzene rings is 2. The zero-order valence-corrected chi connectivity index (χ0v) is 24.2. The largest absolute Gasteiger partial charge is 0.508 e. The van der Waals surface area contributed by atoms with E-state index < -0.39 is 0 Å². The Balaban J connectivity index is 1.79. The van der Waals surface area contributed by atoms with Gasteiger partial charge >= 0.3 is 0 Å². The third-order valence-electron chi connectivity index (χ3n) is 7.18. The lowest BCUT2D eigenvalue weighted by atomic mass is 9.95. The Labute approximate surface area is 252 Å². The van der Waals surface area contributed by atoms with Crippen molar-refractivity contribution in [3.05, 3.63) is 185 Å². The van der Waals surface area contributed by atoms with E-state index in [1.807, 2.05) is 78.9 Å². The van der Waals surface area contributed by atoms with Crippen molar-refractivity contribution in [1.82, 2.24) is 4.98 Å². The molecule has 0 saturated heterocycles. The number of rotatable bonds is 5. The van der Waals surface area contributed by atoms with Gasteiger partial charge in [0.05, 0.1) is 11.4 Å². The van der Waals surface area contributed by atoms with Gasteiger partial charge < -0.3 is 15.2 Å². The molecular formula is C39H34N2O2. The fraction of sp³-hybridized carbons (Fsp3) is 0.0513. The number of nitrogens with zero attached hydrogens (tertiary/aromatic N) is 1. The third-order valence-corrected chi connectivity index (χ3v) is 7.18. The molecule has 212 valence electrons. The maximum absolute atomic E-state index is 10.3. The van der Waals surface area contributed by atoms with E-state index in [1.54, 1.807) is 24.3 Å². The average Bonchev–Trinajstić information content (AvgIpc) is 3.64. The van der Waals surface area contributed by atoms with E-state index in [0.717, 1.165) is 66.7 Å². The van der Waals surface area contributed by atoms with Crippen LogP contribution in [-0.4, -0.2) is 20.9 Å². The molecule has 0 radical (unpaired) electrons. The third kappa shape index (κ3) is 6.83. The minimum Gasteiger partial charge on any atom is -0.508 e. The van der Waals surface area contributed by atoms with Crippen molar-refractivity contribution in [2.24, 2.45) is 4.99 Å². The van der Waals surface area contributed by atoms with Gasteiger partial charge in [-0.2, -0.15) is 0 Å². The molecule has 4 bridgehead atoms. The van der Waals surface area contributed by atoms with Gasteiger partial charge in [0, 0.05) is 21.8 Å². The summed E-state index contributed by atoms with van der Waals surface area (Å²) >= 11 is 0. The topological polar surface area (TPSA) is 68.6 Å². The van der Waals surface area contributed by atoms with E-state index in [4.69, 9.17) is 4.99 Å². The van der Waals surface area contributed by atoms with E-state index >= 15 is 0 Å². The van der Waals surface area contributed by atoms with E-state index in [9.17, 15) is 10.2 Å². The van der Waals surface area contributed by atoms with Gasteiger partial charge in [0.25, 0.3) is 0 Å². The zero-order chi connectivity index (χ0) is 30.3. The smallest absolute Gasteiger partial charge is 0.116 e. The van der Waals surface area contributed by atoms with Gasteiger partial charge in [-0.1, -0.05) is 80.0 Å². The van der Waals surface area contributed by atoms with E-state index in [2.05, 4.69) is 49.9 Å². The van der Waals surface area contributed by atoms with Gasteiger partial charge in [0.15, 0.2) is 0 Å². The number of allylic oxidation sites excluding steroid dienone is 14. The molecule has 5 rings (SSSR count). The van der Waals surface area contributed by atoms with Gasteiger partial charge in [-0.25, -0.2) is 4.99 Å². The summed E-state index contributed by atoms with van der Waals surface area (Å²) in [6, 6.07) is 18.4. The molecular weight excluding hydrogens is 528 g/mol. The number of nitrogens with one attached hydrogen (secondary N) is 1. The van der Waals surface area contributed by atoms with Crippen LogP contribution < -0.4 is 10.7 Å². The number of aromatic nitrogens is 1. The van der Waals surface area contributed by atoms with Crippen LogP contribution in [0, 0.1) is 0 Å². The first-order chi connectivity index (χ1) is 20.8. The molecule has 0 aliphatic carbocycles. The van der Waals surface area contributed by atoms with Crippen LogP contribution in [0.2, 0.25) is 0 Å². The quantitative estimate of drug-likeness (QED) is 0.282. The molecule has 0 unspecified atom stereocenters. The molecule has 3 heterocycles. The van der Waals surface area contributed by atoms with Crippen molar-refractivity contribution in [2.45, 2.75) is 13.3 Å². The summed E-state index contributed by atoms with van der Waals surface area (Å²) in [5, 5.41) is 22.3. The minimum atomic E-state index is 0.182. The van der Waals surface area contributed by atoms with Crippen molar-refractivity contribution < 1.29 is 10.2 Å². The van der Waals surface area contributed by atoms with Crippen LogP contribution in [0.5, 0.6) is 11.5 Å². The lowest BCUT2D eigenvalue weighted by Gasteiger charge is -2.11. The lowest BCUT2D eigenvalue weighted by molar-refractivity contribution is 0.474. The first kappa shape index (κ1) is 28.9. The van der Waals surface area contributed by atoms with Gasteiger partial charge in [-0.05, 0) is 101 Å². The summed E-state index contributed by atoms with van der Waals surface area (Å²) in [6.45, 7) is 14.4. The predicted molar refractivity (Wildman–Crippen MR) is 180 cm³/mol. The number of phenols is 2. The first-order valence-corrected chi connectivity index (χ1v) is 14.1. The summed E-state index contributed by atoms with van der Waals surface area (Å²) in [7, 11) is 0. The maximum Gasteiger partial charge on any atom is 0.116 e. The molecule has 3 aromatic rings. The summed E-state index contributed by atoms with van der Waals surface area (Å²) in [6.07, 6.45) is 20.5. The molecule has 0 atom stereocenters. The van der Waals surface area contributed by atoms with Crippen LogP contribution in [0.3, 0.4) is 0 Å². The van der Waals surface area contributed by atoms with Crippen molar-refractivity contribution in [3.63, 3.8) is 0 Å². The molecule has 0 fully saturated rings. The van der Waals surface area contributed by atoms with Gasteiger partial charge in [-0.15, -0.1) is 6.58 Å². The minimum absolute atomic E-state index is 0.182. The molecule has 43 heavy (non-hydrogen) atoms. The zero-order valence-electron chi connectivity index (χ0n) is 24.2. The molecule has 2 aliphatic heterocycles. The number of H-pyrrole nitrogens is 1. The molecule has 1 aromatic heterocycles. The number of hydrogen-bond donors (Lipinski definition) is 3. The Hall–Kier alpha value is -5.61. The lowest BCUT2D eigenvalue weighted by Crippen LogP contribution is -2.15. The van der Waals surface area contributed by atoms with Crippen LogP contribution in [0.15, 0.2) is 168 Å². The number of aromatic hydroxyl groups is 2. The van der Waals surface area contributed by atoms with Crippen molar-refractivity contribution in [1.29, 1.82) is 0 Å². The van der Waals surface area contributed by atoms with Gasteiger partial charge in [-0.3, -0.25) is 0 Å². The predicted octanol–water partition coefficient (Wildman–Crippen LogP) is 7.51. The number of aliphatic imine (C=N–C) groups is 1. The molecule has 0 spiro atoms. The molecule has 2 aromatic carbocycles. The summed E-state index contributed by atoms with van der Waals surface area (Å²) in [5.74, 6) is 0.379. The number of phenolic OH excluding ortho intramolecular Hbond substituents is 2. The Morgan fingerprint density at radius 3 is 2.21 bits per heavy atom. The second kappa shape index (κ2) is 12.9. The first-order valence-electron chi connectivity index (χ1n) is 14.1. The van der Waals surface area contributed by atoms with Gasteiger partial charge in [0.1, 0.15) is 11.5 Å². The fourth-order valence-corrected chi connectivity index (χ4v) is 5.14. The maximum atomic E-state index is 10.3.